The van der Waals surface area contributed by atoms with Gasteiger partial charge in [-0.05, 0) is 25.7 Å². The largest absolute Gasteiger partial charge is 0.466 e. The van der Waals surface area contributed by atoms with Crippen LogP contribution in [0.15, 0.2) is 0 Å². The van der Waals surface area contributed by atoms with Gasteiger partial charge in [-0.2, -0.15) is 52.7 Å². The maximum atomic E-state index is 12.6. The Morgan fingerprint density at radius 2 is 0.978 bits per heavy atom. The number of hydrogen-bond donors (Lipinski definition) is 0. The first kappa shape index (κ1) is 43.4. The lowest BCUT2D eigenvalue weighted by molar-refractivity contribution is -0.867. The summed E-state index contributed by atoms with van der Waals surface area (Å²) in [5.41, 5.74) is 0. The number of ether oxygens (including phenoxy) is 2. The van der Waals surface area contributed by atoms with Crippen LogP contribution in [-0.4, -0.2) is 93.0 Å². The van der Waals surface area contributed by atoms with E-state index in [2.05, 4.69) is 0 Å². The second-order valence-electron chi connectivity index (χ2n) is 11.6. The summed E-state index contributed by atoms with van der Waals surface area (Å²) >= 11 is 1.13. The zero-order valence-electron chi connectivity index (χ0n) is 25.4. The summed E-state index contributed by atoms with van der Waals surface area (Å²) in [5.74, 6) is -7.87. The molecule has 0 aromatic heterocycles. The first-order chi connectivity index (χ1) is 20.4. The van der Waals surface area contributed by atoms with Gasteiger partial charge < -0.3 is 14.0 Å². The van der Waals surface area contributed by atoms with Crippen LogP contribution >= 0.6 is 11.8 Å². The van der Waals surface area contributed by atoms with E-state index < -0.39 is 66.6 Å². The molecule has 45 heavy (non-hydrogen) atoms. The van der Waals surface area contributed by atoms with E-state index in [-0.39, 0.29) is 71.0 Å². The molecule has 0 aromatic carbocycles. The van der Waals surface area contributed by atoms with E-state index in [0.29, 0.717) is 16.8 Å². The minimum Gasteiger partial charge on any atom is -0.466 e. The minimum absolute atomic E-state index is 0.0550. The Morgan fingerprint density at radius 1 is 0.600 bits per heavy atom. The predicted octanol–water partition coefficient (Wildman–Crippen LogP) is 8.65. The zero-order valence-corrected chi connectivity index (χ0v) is 26.2. The Kier molecular flexibility index (Phi) is 18.6. The highest BCUT2D eigenvalue weighted by Gasteiger charge is 2.56. The Balaban J connectivity index is 4.60. The second-order valence-corrected chi connectivity index (χ2v) is 13.0. The lowest BCUT2D eigenvalue weighted by atomic mass is 9.99. The van der Waals surface area contributed by atoms with Crippen LogP contribution in [0.2, 0.25) is 0 Å². The monoisotopic (exact) mass is 704 g/mol. The molecule has 0 N–H and O–H groups in total. The first-order valence-electron chi connectivity index (χ1n) is 14.4. The molecule has 0 bridgehead atoms. The van der Waals surface area contributed by atoms with Crippen molar-refractivity contribution < 1.29 is 76.2 Å². The number of alkyl halides is 12. The molecule has 0 aliphatic heterocycles. The standard InChI is InChI=1S/C27H42F12NO4S/c1-40(2,3)14-17-45-19(23(42)44-16-11-7-5-9-13-21(26(34,35)36)27(37,38)39)18-22(41)43-15-10-6-4-8-12-20(24(28,29)30)25(31,32)33/h19-21H,4-18H2,1-3H3/q+1. The number of carbonyl (C=O) groups is 2. The summed E-state index contributed by atoms with van der Waals surface area (Å²) in [4.78, 5) is 24.9. The lowest BCUT2D eigenvalue weighted by Crippen LogP contribution is -2.37. The van der Waals surface area contributed by atoms with Crippen LogP contribution in [0.3, 0.4) is 0 Å². The van der Waals surface area contributed by atoms with Crippen LogP contribution in [0, 0.1) is 11.8 Å². The molecule has 0 aliphatic carbocycles. The van der Waals surface area contributed by atoms with Crippen LogP contribution in [0.5, 0.6) is 0 Å². The van der Waals surface area contributed by atoms with Gasteiger partial charge in [-0.25, -0.2) is 0 Å². The molecule has 0 saturated carbocycles. The molecule has 0 aromatic rings. The predicted molar refractivity (Wildman–Crippen MR) is 143 cm³/mol. The maximum Gasteiger partial charge on any atom is 0.400 e. The fourth-order valence-corrected chi connectivity index (χ4v) is 5.37. The molecule has 0 saturated heterocycles. The summed E-state index contributed by atoms with van der Waals surface area (Å²) in [6.07, 6.45) is -23.9. The van der Waals surface area contributed by atoms with Crippen LogP contribution < -0.4 is 0 Å². The molecular formula is C27H42F12NO4S+. The molecule has 0 fully saturated rings. The fourth-order valence-electron chi connectivity index (χ4n) is 3.98. The van der Waals surface area contributed by atoms with Gasteiger partial charge in [-0.15, -0.1) is 11.8 Å². The summed E-state index contributed by atoms with van der Waals surface area (Å²) in [5, 5.41) is -0.968. The van der Waals surface area contributed by atoms with Gasteiger partial charge in [0.25, 0.3) is 0 Å². The lowest BCUT2D eigenvalue weighted by Gasteiger charge is -2.24. The number of esters is 2. The summed E-state index contributed by atoms with van der Waals surface area (Å²) in [6.45, 7) is 0.297. The Hall–Kier alpha value is -1.59. The number of unbranched alkanes of at least 4 members (excludes halogenated alkanes) is 6. The zero-order chi connectivity index (χ0) is 35.1. The molecule has 0 radical (unpaired) electrons. The van der Waals surface area contributed by atoms with E-state index in [4.69, 9.17) is 9.47 Å². The molecular weight excluding hydrogens is 662 g/mol. The number of thioether (sulfide) groups is 1. The molecule has 268 valence electrons. The highest BCUT2D eigenvalue weighted by Crippen LogP contribution is 2.43. The van der Waals surface area contributed by atoms with Gasteiger partial charge in [-0.1, -0.05) is 38.5 Å². The average Bonchev–Trinajstić information content (AvgIpc) is 2.82. The van der Waals surface area contributed by atoms with Crippen molar-refractivity contribution in [3.05, 3.63) is 0 Å². The van der Waals surface area contributed by atoms with E-state index in [1.807, 2.05) is 21.1 Å². The number of rotatable bonds is 21. The smallest absolute Gasteiger partial charge is 0.400 e. The molecule has 0 rings (SSSR count). The van der Waals surface area contributed by atoms with Gasteiger partial charge in [-0.3, -0.25) is 9.59 Å². The maximum absolute atomic E-state index is 12.6. The van der Waals surface area contributed by atoms with Crippen molar-refractivity contribution in [2.24, 2.45) is 11.8 Å². The molecule has 5 nitrogen and oxygen atoms in total. The quantitative estimate of drug-likeness (QED) is 0.0519. The van der Waals surface area contributed by atoms with Crippen molar-refractivity contribution in [1.29, 1.82) is 0 Å². The SMILES string of the molecule is C[N+](C)(C)CCSC(CC(=O)OCCCCCCC(C(F)(F)F)C(F)(F)F)C(=O)OCCCCCCC(C(F)(F)F)C(F)(F)F. The number of halogens is 12. The van der Waals surface area contributed by atoms with E-state index in [1.165, 1.54) is 0 Å². The summed E-state index contributed by atoms with van der Waals surface area (Å²) < 4.78 is 162. The molecule has 0 heterocycles. The normalized spacial score (nSPS) is 14.2. The van der Waals surface area contributed by atoms with Crippen molar-refractivity contribution in [1.82, 2.24) is 0 Å². The Morgan fingerprint density at radius 3 is 1.36 bits per heavy atom. The number of nitrogens with zero attached hydrogens (tertiary/aromatic N) is 1. The molecule has 0 aliphatic rings. The van der Waals surface area contributed by atoms with E-state index in [0.717, 1.165) is 11.8 Å². The summed E-state index contributed by atoms with van der Waals surface area (Å²) in [6, 6.07) is 0. The van der Waals surface area contributed by atoms with Crippen molar-refractivity contribution in [3.8, 4) is 0 Å². The van der Waals surface area contributed by atoms with Crippen molar-refractivity contribution in [2.45, 2.75) is 101 Å². The Labute approximate surface area is 259 Å². The van der Waals surface area contributed by atoms with Crippen LogP contribution in [-0.2, 0) is 19.1 Å². The number of hydrogen-bond acceptors (Lipinski definition) is 5. The van der Waals surface area contributed by atoms with Crippen LogP contribution in [0.4, 0.5) is 52.7 Å². The van der Waals surface area contributed by atoms with E-state index in [1.54, 1.807) is 0 Å². The molecule has 18 heteroatoms. The van der Waals surface area contributed by atoms with E-state index in [9.17, 15) is 62.3 Å². The van der Waals surface area contributed by atoms with Crippen LogP contribution in [0.1, 0.15) is 70.6 Å². The van der Waals surface area contributed by atoms with Gasteiger partial charge in [0.15, 0.2) is 11.8 Å². The van der Waals surface area contributed by atoms with E-state index >= 15 is 0 Å². The topological polar surface area (TPSA) is 52.6 Å². The van der Waals surface area contributed by atoms with Gasteiger partial charge in [0.2, 0.25) is 0 Å². The van der Waals surface area contributed by atoms with Gasteiger partial charge in [0.05, 0.1) is 47.3 Å². The average molecular weight is 705 g/mol. The molecule has 0 spiro atoms. The summed E-state index contributed by atoms with van der Waals surface area (Å²) in [7, 11) is 5.71. The van der Waals surface area contributed by atoms with Gasteiger partial charge >= 0.3 is 36.6 Å². The van der Waals surface area contributed by atoms with Crippen molar-refractivity contribution in [2.75, 3.05) is 46.7 Å². The molecule has 1 unspecified atom stereocenters. The van der Waals surface area contributed by atoms with Crippen LogP contribution in [0.25, 0.3) is 0 Å². The third kappa shape index (κ3) is 21.0. The number of quaternary nitrogens is 1. The van der Waals surface area contributed by atoms with Gasteiger partial charge in [0.1, 0.15) is 5.25 Å². The van der Waals surface area contributed by atoms with Gasteiger partial charge in [0, 0.05) is 5.75 Å². The number of carbonyl (C=O) groups excluding carboxylic acids is 2. The molecule has 1 atom stereocenters. The third-order valence-electron chi connectivity index (χ3n) is 6.56. The first-order valence-corrected chi connectivity index (χ1v) is 15.4. The molecule has 0 amide bonds. The highest BCUT2D eigenvalue weighted by molar-refractivity contribution is 8.00. The third-order valence-corrected chi connectivity index (χ3v) is 7.74. The highest BCUT2D eigenvalue weighted by atomic mass is 32.2. The Bertz CT molecular complexity index is 827. The minimum atomic E-state index is -5.39. The fraction of sp³-hybridized carbons (Fsp3) is 0.926. The van der Waals surface area contributed by atoms with Crippen molar-refractivity contribution in [3.63, 3.8) is 0 Å². The van der Waals surface area contributed by atoms with Crippen molar-refractivity contribution >= 4 is 23.7 Å². The second kappa shape index (κ2) is 19.3.